The van der Waals surface area contributed by atoms with Crippen molar-refractivity contribution in [3.05, 3.63) is 36.9 Å². The van der Waals surface area contributed by atoms with Crippen LogP contribution in [0.3, 0.4) is 0 Å². The topological polar surface area (TPSA) is 118 Å². The number of hydrogen-bond acceptors (Lipinski definition) is 8. The molecule has 3 saturated heterocycles. The Kier molecular flexibility index (Phi) is 8.86. The number of likely N-dealkylation sites (tertiary alicyclic amines) is 1. The zero-order valence-corrected chi connectivity index (χ0v) is 25.1. The number of benzene rings is 1. The molecule has 3 unspecified atom stereocenters. The highest BCUT2D eigenvalue weighted by atomic mass is 79.9. The van der Waals surface area contributed by atoms with E-state index in [0.717, 1.165) is 23.9 Å². The van der Waals surface area contributed by atoms with E-state index in [1.165, 1.54) is 0 Å². The summed E-state index contributed by atoms with van der Waals surface area (Å²) in [6, 6.07) is 6.84. The van der Waals surface area contributed by atoms with Gasteiger partial charge in [-0.25, -0.2) is 4.68 Å². The van der Waals surface area contributed by atoms with Crippen molar-refractivity contribution in [1.82, 2.24) is 24.8 Å². The Morgan fingerprint density at radius 3 is 2.83 bits per heavy atom. The van der Waals surface area contributed by atoms with Crippen molar-refractivity contribution in [2.45, 2.75) is 66.6 Å². The normalized spacial score (nSPS) is 28.7. The van der Waals surface area contributed by atoms with E-state index in [1.807, 2.05) is 24.3 Å². The fourth-order valence-corrected chi connectivity index (χ4v) is 10.2. The lowest BCUT2D eigenvalue weighted by Crippen LogP contribution is -2.55. The number of ether oxygens (including phenoxy) is 1. The van der Waals surface area contributed by atoms with Gasteiger partial charge in [0.2, 0.25) is 11.8 Å². The molecule has 12 heteroatoms. The first-order chi connectivity index (χ1) is 19.4. The van der Waals surface area contributed by atoms with Crippen molar-refractivity contribution in [3.63, 3.8) is 0 Å². The monoisotopic (exact) mass is 633 g/mol. The molecular formula is C28H36BrN5O5S. The Hall–Kier alpha value is -2.44. The highest BCUT2D eigenvalue weighted by Crippen LogP contribution is 2.68. The number of fused-ring (bicyclic) bond motifs is 2. The molecule has 1 spiro atoms. The van der Waals surface area contributed by atoms with Crippen LogP contribution in [-0.4, -0.2) is 94.9 Å². The van der Waals surface area contributed by atoms with Gasteiger partial charge >= 0.3 is 5.97 Å². The van der Waals surface area contributed by atoms with Crippen molar-refractivity contribution >= 4 is 56.5 Å². The number of carbonyl (C=O) groups is 3. The Morgan fingerprint density at radius 1 is 1.30 bits per heavy atom. The van der Waals surface area contributed by atoms with Crippen LogP contribution < -0.4 is 0 Å². The highest BCUT2D eigenvalue weighted by Gasteiger charge is 2.76. The molecule has 1 N–H and O–H groups in total. The van der Waals surface area contributed by atoms with Crippen molar-refractivity contribution in [1.29, 1.82) is 0 Å². The SMILES string of the molecule is C=CCN(Cn1nnc2ccccc21)C(=O)C1N(CCCCCCO)C(=O)[C@@H]2[C@H](C(=O)OCC)[C@H]3SC12CC3Br. The van der Waals surface area contributed by atoms with Crippen molar-refractivity contribution in [3.8, 4) is 0 Å². The summed E-state index contributed by atoms with van der Waals surface area (Å²) in [5.41, 5.74) is 1.54. The van der Waals surface area contributed by atoms with Gasteiger partial charge < -0.3 is 19.6 Å². The average Bonchev–Trinajstić information content (AvgIpc) is 3.66. The molecule has 1 aromatic heterocycles. The number of rotatable bonds is 13. The van der Waals surface area contributed by atoms with Gasteiger partial charge in [-0.15, -0.1) is 23.4 Å². The third kappa shape index (κ3) is 4.96. The minimum Gasteiger partial charge on any atom is -0.466 e. The molecule has 40 heavy (non-hydrogen) atoms. The number of aromatic nitrogens is 3. The quantitative estimate of drug-likeness (QED) is 0.155. The Balaban J connectivity index is 1.49. The average molecular weight is 635 g/mol. The lowest BCUT2D eigenvalue weighted by molar-refractivity contribution is -0.153. The summed E-state index contributed by atoms with van der Waals surface area (Å²) >= 11 is 5.39. The summed E-state index contributed by atoms with van der Waals surface area (Å²) in [6.45, 7) is 6.87. The molecule has 216 valence electrons. The molecule has 2 amide bonds. The minimum atomic E-state index is -0.737. The summed E-state index contributed by atoms with van der Waals surface area (Å²) in [5.74, 6) is -1.89. The van der Waals surface area contributed by atoms with Crippen molar-refractivity contribution in [2.24, 2.45) is 11.8 Å². The predicted octanol–water partition coefficient (Wildman–Crippen LogP) is 2.98. The maximum Gasteiger partial charge on any atom is 0.310 e. The van der Waals surface area contributed by atoms with Crippen LogP contribution in [0.15, 0.2) is 36.9 Å². The maximum absolute atomic E-state index is 14.6. The summed E-state index contributed by atoms with van der Waals surface area (Å²) in [4.78, 5) is 45.3. The summed E-state index contributed by atoms with van der Waals surface area (Å²) in [7, 11) is 0. The lowest BCUT2D eigenvalue weighted by Gasteiger charge is -2.37. The van der Waals surface area contributed by atoms with Gasteiger partial charge in [0.25, 0.3) is 0 Å². The van der Waals surface area contributed by atoms with Crippen LogP contribution in [-0.2, 0) is 25.8 Å². The van der Waals surface area contributed by atoms with Gasteiger partial charge in [0, 0.05) is 29.8 Å². The molecule has 5 rings (SSSR count). The number of para-hydroxylation sites is 1. The third-order valence-corrected chi connectivity index (χ3v) is 11.5. The molecule has 4 heterocycles. The molecule has 0 aliphatic carbocycles. The first-order valence-corrected chi connectivity index (χ1v) is 15.7. The number of amides is 2. The van der Waals surface area contributed by atoms with E-state index in [9.17, 15) is 14.4 Å². The standard InChI is InChI=1S/C28H36BrN5O5S/c1-3-13-32(17-34-20-12-8-7-11-19(20)30-31-34)26(37)24-28-16-18(29)23(40-28)21(27(38)39-4-2)22(28)25(36)33(24)14-9-5-6-10-15-35/h3,7-8,11-12,18,21-24,35H,1,4-6,9-10,13-17H2,2H3/t18?,21-,22-,23-,24?,28?/m0/s1. The number of nitrogens with zero attached hydrogens (tertiary/aromatic N) is 5. The number of halogens is 1. The van der Waals surface area contributed by atoms with Crippen LogP contribution in [0.1, 0.15) is 39.0 Å². The number of alkyl halides is 1. The molecule has 3 fully saturated rings. The molecule has 3 aliphatic heterocycles. The second-order valence-electron chi connectivity index (χ2n) is 10.7. The summed E-state index contributed by atoms with van der Waals surface area (Å²) < 4.78 is 6.39. The maximum atomic E-state index is 14.6. The van der Waals surface area contributed by atoms with E-state index in [4.69, 9.17) is 9.84 Å². The van der Waals surface area contributed by atoms with E-state index < -0.39 is 22.6 Å². The van der Waals surface area contributed by atoms with E-state index in [1.54, 1.807) is 39.2 Å². The van der Waals surface area contributed by atoms with Gasteiger partial charge in [0.05, 0.1) is 28.7 Å². The van der Waals surface area contributed by atoms with Gasteiger partial charge in [-0.3, -0.25) is 14.4 Å². The van der Waals surface area contributed by atoms with Crippen LogP contribution in [0, 0.1) is 11.8 Å². The predicted molar refractivity (Wildman–Crippen MR) is 156 cm³/mol. The second-order valence-corrected chi connectivity index (χ2v) is 13.4. The molecule has 10 nitrogen and oxygen atoms in total. The molecule has 1 aromatic carbocycles. The number of aliphatic hydroxyl groups excluding tert-OH is 1. The van der Waals surface area contributed by atoms with E-state index in [0.29, 0.717) is 25.8 Å². The Bertz CT molecular complexity index is 1270. The van der Waals surface area contributed by atoms with Crippen LogP contribution in [0.4, 0.5) is 0 Å². The Morgan fingerprint density at radius 2 is 2.08 bits per heavy atom. The number of thioether (sulfide) groups is 1. The molecule has 3 aliphatic rings. The highest BCUT2D eigenvalue weighted by molar-refractivity contribution is 9.09. The van der Waals surface area contributed by atoms with Crippen molar-refractivity contribution < 1.29 is 24.2 Å². The first kappa shape index (κ1) is 29.1. The van der Waals surface area contributed by atoms with Gasteiger partial charge in [0.15, 0.2) is 0 Å². The smallest absolute Gasteiger partial charge is 0.310 e. The van der Waals surface area contributed by atoms with Gasteiger partial charge in [-0.2, -0.15) is 0 Å². The zero-order valence-electron chi connectivity index (χ0n) is 22.7. The van der Waals surface area contributed by atoms with Crippen LogP contribution >= 0.6 is 27.7 Å². The van der Waals surface area contributed by atoms with Crippen LogP contribution in [0.25, 0.3) is 11.0 Å². The lowest BCUT2D eigenvalue weighted by atomic mass is 9.71. The number of esters is 1. The Labute approximate surface area is 246 Å². The molecule has 0 radical (unpaired) electrons. The summed E-state index contributed by atoms with van der Waals surface area (Å²) in [6.07, 6.45) is 5.39. The second kappa shape index (κ2) is 12.2. The van der Waals surface area contributed by atoms with Gasteiger partial charge in [-0.1, -0.05) is 52.2 Å². The van der Waals surface area contributed by atoms with Gasteiger partial charge in [0.1, 0.15) is 18.2 Å². The molecular weight excluding hydrogens is 598 g/mol. The minimum absolute atomic E-state index is 0.0112. The van der Waals surface area contributed by atoms with E-state index in [2.05, 4.69) is 32.8 Å². The number of carbonyl (C=O) groups excluding carboxylic acids is 3. The third-order valence-electron chi connectivity index (χ3n) is 8.28. The number of hydrogen-bond donors (Lipinski definition) is 1. The molecule has 6 atom stereocenters. The zero-order chi connectivity index (χ0) is 28.4. The number of unbranched alkanes of at least 4 members (excludes halogenated alkanes) is 3. The van der Waals surface area contributed by atoms with Gasteiger partial charge in [-0.05, 0) is 38.3 Å². The fourth-order valence-electron chi connectivity index (χ4n) is 6.63. The largest absolute Gasteiger partial charge is 0.466 e. The number of aliphatic hydroxyl groups is 1. The van der Waals surface area contributed by atoms with Crippen LogP contribution in [0.2, 0.25) is 0 Å². The molecule has 2 aromatic rings. The van der Waals surface area contributed by atoms with E-state index in [-0.39, 0.29) is 54.3 Å². The molecule has 0 saturated carbocycles. The first-order valence-electron chi connectivity index (χ1n) is 14.0. The fraction of sp³-hybridized carbons (Fsp3) is 0.607. The summed E-state index contributed by atoms with van der Waals surface area (Å²) in [5, 5.41) is 17.5. The molecule has 2 bridgehead atoms. The van der Waals surface area contributed by atoms with Crippen molar-refractivity contribution in [2.75, 3.05) is 26.3 Å². The van der Waals surface area contributed by atoms with Crippen LogP contribution in [0.5, 0.6) is 0 Å². The van der Waals surface area contributed by atoms with E-state index >= 15 is 0 Å².